The molecule has 1 rings (SSSR count). The van der Waals surface area contributed by atoms with Crippen molar-refractivity contribution in [1.29, 1.82) is 0 Å². The van der Waals surface area contributed by atoms with Crippen LogP contribution in [0.15, 0.2) is 40.4 Å². The summed E-state index contributed by atoms with van der Waals surface area (Å²) in [5.41, 5.74) is -0.0288. The number of ether oxygens (including phenoxy) is 2. The first-order valence-electron chi connectivity index (χ1n) is 5.99. The number of hydrogen-bond acceptors (Lipinski definition) is 5. The summed E-state index contributed by atoms with van der Waals surface area (Å²) in [6.45, 7) is 1.02. The number of carboxylic acid groups (broad SMARTS) is 1. The average molecular weight is 357 g/mol. The molecule has 7 heteroatoms. The third-order valence-electron chi connectivity index (χ3n) is 2.31. The van der Waals surface area contributed by atoms with Gasteiger partial charge < -0.3 is 14.6 Å². The summed E-state index contributed by atoms with van der Waals surface area (Å²) in [5.74, 6) is -2.54. The third-order valence-corrected chi connectivity index (χ3v) is 2.84. The van der Waals surface area contributed by atoms with Gasteiger partial charge in [0.15, 0.2) is 6.61 Å². The predicted octanol–water partition coefficient (Wildman–Crippen LogP) is 2.32. The summed E-state index contributed by atoms with van der Waals surface area (Å²) in [4.78, 5) is 33.5. The molecule has 0 saturated heterocycles. The molecule has 1 aromatic carbocycles. The Morgan fingerprint density at radius 3 is 2.38 bits per heavy atom. The Kier molecular flexibility index (Phi) is 6.61. The number of carbonyl (C=O) groups is 3. The predicted molar refractivity (Wildman–Crippen MR) is 76.7 cm³/mol. The molecule has 1 N–H and O–H groups in total. The quantitative estimate of drug-likeness (QED) is 0.477. The average Bonchev–Trinajstić information content (AvgIpc) is 2.44. The molecule has 112 valence electrons. The second-order valence-electron chi connectivity index (χ2n) is 3.87. The van der Waals surface area contributed by atoms with Gasteiger partial charge in [-0.1, -0.05) is 22.9 Å². The Bertz CT molecular complexity index is 561. The van der Waals surface area contributed by atoms with Crippen LogP contribution in [0.2, 0.25) is 0 Å². The van der Waals surface area contributed by atoms with Crippen LogP contribution in [0.3, 0.4) is 0 Å². The fourth-order valence-electron chi connectivity index (χ4n) is 1.34. The Hall–Kier alpha value is -2.15. The molecule has 0 heterocycles. The highest BCUT2D eigenvalue weighted by Gasteiger charge is 2.14. The molecule has 0 unspecified atom stereocenters. The highest BCUT2D eigenvalue weighted by atomic mass is 79.9. The van der Waals surface area contributed by atoms with Gasteiger partial charge in [0.2, 0.25) is 0 Å². The van der Waals surface area contributed by atoms with Crippen molar-refractivity contribution in [3.8, 4) is 5.75 Å². The van der Waals surface area contributed by atoms with Crippen LogP contribution in [0.4, 0.5) is 0 Å². The zero-order valence-electron chi connectivity index (χ0n) is 11.2. The first-order chi connectivity index (χ1) is 9.92. The van der Waals surface area contributed by atoms with E-state index in [0.29, 0.717) is 5.75 Å². The molecule has 0 spiro atoms. The van der Waals surface area contributed by atoms with Crippen molar-refractivity contribution in [2.45, 2.75) is 13.3 Å². The van der Waals surface area contributed by atoms with Gasteiger partial charge in [-0.25, -0.2) is 14.4 Å². The molecule has 0 aromatic heterocycles. The van der Waals surface area contributed by atoms with E-state index in [2.05, 4.69) is 15.9 Å². The zero-order valence-corrected chi connectivity index (χ0v) is 12.8. The first kappa shape index (κ1) is 16.9. The summed E-state index contributed by atoms with van der Waals surface area (Å²) in [6.07, 6.45) is 0.940. The van der Waals surface area contributed by atoms with Crippen molar-refractivity contribution in [2.75, 3.05) is 6.61 Å². The summed E-state index contributed by atoms with van der Waals surface area (Å²) in [5, 5.41) is 8.58. The molecular formula is C14H13BrO6. The maximum absolute atomic E-state index is 11.5. The molecular weight excluding hydrogens is 344 g/mol. The van der Waals surface area contributed by atoms with E-state index in [1.165, 1.54) is 0 Å². The van der Waals surface area contributed by atoms with Crippen molar-refractivity contribution in [3.05, 3.63) is 40.4 Å². The van der Waals surface area contributed by atoms with E-state index in [1.807, 2.05) is 0 Å². The maximum Gasteiger partial charge on any atom is 0.349 e. The third kappa shape index (κ3) is 6.22. The van der Waals surface area contributed by atoms with Gasteiger partial charge in [-0.15, -0.1) is 0 Å². The highest BCUT2D eigenvalue weighted by molar-refractivity contribution is 9.10. The molecule has 0 atom stereocenters. The molecule has 0 bridgehead atoms. The monoisotopic (exact) mass is 356 g/mol. The minimum absolute atomic E-state index is 0.0288. The van der Waals surface area contributed by atoms with Crippen LogP contribution in [0, 0.1) is 0 Å². The lowest BCUT2D eigenvalue weighted by Crippen LogP contribution is -2.20. The van der Waals surface area contributed by atoms with Gasteiger partial charge in [-0.3, -0.25) is 0 Å². The highest BCUT2D eigenvalue weighted by Crippen LogP contribution is 2.16. The normalized spacial score (nSPS) is 10.9. The molecule has 0 aliphatic heterocycles. The van der Waals surface area contributed by atoms with Crippen molar-refractivity contribution < 1.29 is 29.0 Å². The number of benzene rings is 1. The van der Waals surface area contributed by atoms with Gasteiger partial charge in [-0.2, -0.15) is 0 Å². The molecule has 0 amide bonds. The number of esters is 2. The smallest absolute Gasteiger partial charge is 0.349 e. The van der Waals surface area contributed by atoms with Crippen LogP contribution in [0.5, 0.6) is 5.75 Å². The van der Waals surface area contributed by atoms with Crippen LogP contribution in [-0.2, 0) is 19.1 Å². The van der Waals surface area contributed by atoms with Crippen LogP contribution >= 0.6 is 15.9 Å². The van der Waals surface area contributed by atoms with E-state index < -0.39 is 24.5 Å². The van der Waals surface area contributed by atoms with Gasteiger partial charge in [0.25, 0.3) is 0 Å². The van der Waals surface area contributed by atoms with Crippen molar-refractivity contribution in [2.24, 2.45) is 0 Å². The maximum atomic E-state index is 11.5. The molecule has 21 heavy (non-hydrogen) atoms. The van der Waals surface area contributed by atoms with Gasteiger partial charge in [0.1, 0.15) is 5.75 Å². The van der Waals surface area contributed by atoms with Gasteiger partial charge in [0, 0.05) is 16.1 Å². The molecule has 0 fully saturated rings. The summed E-state index contributed by atoms with van der Waals surface area (Å²) < 4.78 is 10.5. The standard InChI is InChI=1S/C14H13BrO6/c1-2-9(7-12(16)17)14(19)20-8-13(18)21-11-5-3-10(15)4-6-11/h3-7H,2,8H2,1H3,(H,16,17)/b9-7-. The molecule has 1 aromatic rings. The van der Waals surface area contributed by atoms with Gasteiger partial charge in [0.05, 0.1) is 0 Å². The Balaban J connectivity index is 2.50. The minimum Gasteiger partial charge on any atom is -0.478 e. The van der Waals surface area contributed by atoms with Crippen molar-refractivity contribution in [3.63, 3.8) is 0 Å². The summed E-state index contributed by atoms with van der Waals surface area (Å²) >= 11 is 3.24. The van der Waals surface area contributed by atoms with Crippen LogP contribution in [-0.4, -0.2) is 29.6 Å². The van der Waals surface area contributed by atoms with E-state index in [1.54, 1.807) is 31.2 Å². The molecule has 0 aliphatic rings. The number of carbonyl (C=O) groups excluding carboxylic acids is 2. The Labute approximate surface area is 129 Å². The van der Waals surface area contributed by atoms with E-state index in [-0.39, 0.29) is 12.0 Å². The van der Waals surface area contributed by atoms with Crippen LogP contribution in [0.25, 0.3) is 0 Å². The lowest BCUT2D eigenvalue weighted by Gasteiger charge is -2.06. The number of aliphatic carboxylic acids is 1. The summed E-state index contributed by atoms with van der Waals surface area (Å²) in [6, 6.07) is 6.54. The van der Waals surface area contributed by atoms with Crippen molar-refractivity contribution in [1.82, 2.24) is 0 Å². The van der Waals surface area contributed by atoms with E-state index in [4.69, 9.17) is 14.6 Å². The van der Waals surface area contributed by atoms with E-state index in [9.17, 15) is 14.4 Å². The summed E-state index contributed by atoms with van der Waals surface area (Å²) in [7, 11) is 0. The van der Waals surface area contributed by atoms with E-state index in [0.717, 1.165) is 10.5 Å². The molecule has 0 saturated carbocycles. The minimum atomic E-state index is -1.25. The SMILES string of the molecule is CC/C(=C/C(=O)O)C(=O)OCC(=O)Oc1ccc(Br)cc1. The number of halogens is 1. The second-order valence-corrected chi connectivity index (χ2v) is 4.78. The van der Waals surface area contributed by atoms with Gasteiger partial charge >= 0.3 is 17.9 Å². The van der Waals surface area contributed by atoms with Crippen molar-refractivity contribution >= 4 is 33.8 Å². The molecule has 6 nitrogen and oxygen atoms in total. The fraction of sp³-hybridized carbons (Fsp3) is 0.214. The van der Waals surface area contributed by atoms with Gasteiger partial charge in [-0.05, 0) is 30.7 Å². The zero-order chi connectivity index (χ0) is 15.8. The lowest BCUT2D eigenvalue weighted by molar-refractivity contribution is -0.151. The molecule has 0 aliphatic carbocycles. The molecule has 0 radical (unpaired) electrons. The number of hydrogen-bond donors (Lipinski definition) is 1. The Morgan fingerprint density at radius 2 is 1.86 bits per heavy atom. The van der Waals surface area contributed by atoms with Crippen LogP contribution in [0.1, 0.15) is 13.3 Å². The van der Waals surface area contributed by atoms with E-state index >= 15 is 0 Å². The largest absolute Gasteiger partial charge is 0.478 e. The lowest BCUT2D eigenvalue weighted by atomic mass is 10.2. The fourth-order valence-corrected chi connectivity index (χ4v) is 1.60. The van der Waals surface area contributed by atoms with Crippen LogP contribution < -0.4 is 4.74 Å². The second kappa shape index (κ2) is 8.21. The Morgan fingerprint density at radius 1 is 1.24 bits per heavy atom. The topological polar surface area (TPSA) is 89.9 Å². The number of rotatable bonds is 6. The number of carboxylic acids is 1. The first-order valence-corrected chi connectivity index (χ1v) is 6.78.